The molecule has 1 fully saturated rings. The third-order valence-electron chi connectivity index (χ3n) is 4.79. The summed E-state index contributed by atoms with van der Waals surface area (Å²) in [5.41, 5.74) is 4.83. The lowest BCUT2D eigenvalue weighted by atomic mass is 10.00. The predicted octanol–water partition coefficient (Wildman–Crippen LogP) is 3.36. The van der Waals surface area contributed by atoms with Gasteiger partial charge in [-0.05, 0) is 31.9 Å². The highest BCUT2D eigenvalue weighted by molar-refractivity contribution is 7.13. The number of aliphatic imine (C=N–C) groups is 1. The van der Waals surface area contributed by atoms with Crippen LogP contribution in [0.25, 0.3) is 0 Å². The molecular weight excluding hydrogens is 370 g/mol. The van der Waals surface area contributed by atoms with E-state index in [9.17, 15) is 0 Å². The molecule has 7 heteroatoms. The van der Waals surface area contributed by atoms with Gasteiger partial charge in [0, 0.05) is 32.6 Å². The molecule has 3 rings (SSSR count). The van der Waals surface area contributed by atoms with Crippen LogP contribution in [0.15, 0.2) is 28.6 Å². The minimum Gasteiger partial charge on any atom is -0.370 e. The lowest BCUT2D eigenvalue weighted by Gasteiger charge is -2.36. The number of aromatic nitrogens is 1. The molecular formula is C21H31N5OS. The predicted molar refractivity (Wildman–Crippen MR) is 117 cm³/mol. The second-order valence-corrected chi connectivity index (χ2v) is 8.19. The number of thiazole rings is 1. The molecule has 0 saturated carbocycles. The van der Waals surface area contributed by atoms with E-state index in [0.29, 0.717) is 13.2 Å². The Morgan fingerprint density at radius 2 is 2.21 bits per heavy atom. The van der Waals surface area contributed by atoms with Gasteiger partial charge in [-0.25, -0.2) is 9.98 Å². The third kappa shape index (κ3) is 5.02. The summed E-state index contributed by atoms with van der Waals surface area (Å²) >= 11 is 1.65. The van der Waals surface area contributed by atoms with E-state index in [1.54, 1.807) is 11.3 Å². The quantitative estimate of drug-likeness (QED) is 0.615. The molecule has 0 amide bonds. The van der Waals surface area contributed by atoms with E-state index in [0.717, 1.165) is 36.4 Å². The van der Waals surface area contributed by atoms with Crippen LogP contribution in [0.5, 0.6) is 0 Å². The van der Waals surface area contributed by atoms with Gasteiger partial charge in [-0.2, -0.15) is 0 Å². The molecule has 1 N–H and O–H groups in total. The molecule has 1 unspecified atom stereocenters. The highest BCUT2D eigenvalue weighted by Gasteiger charge is 2.25. The topological polar surface area (TPSA) is 53.0 Å². The van der Waals surface area contributed by atoms with Crippen LogP contribution in [0.3, 0.4) is 0 Å². The summed E-state index contributed by atoms with van der Waals surface area (Å²) in [5.74, 6) is 0.931. The zero-order valence-electron chi connectivity index (χ0n) is 17.5. The number of nitrogens with zero attached hydrogens (tertiary/aromatic N) is 4. The van der Waals surface area contributed by atoms with Crippen molar-refractivity contribution >= 4 is 22.4 Å². The van der Waals surface area contributed by atoms with E-state index >= 15 is 0 Å². The van der Waals surface area contributed by atoms with Gasteiger partial charge in [0.1, 0.15) is 6.10 Å². The van der Waals surface area contributed by atoms with Crippen molar-refractivity contribution < 1.29 is 4.74 Å². The summed E-state index contributed by atoms with van der Waals surface area (Å²) in [4.78, 5) is 13.8. The van der Waals surface area contributed by atoms with Crippen molar-refractivity contribution in [2.45, 2.75) is 33.4 Å². The van der Waals surface area contributed by atoms with Crippen LogP contribution in [0.2, 0.25) is 0 Å². The normalized spacial score (nSPS) is 17.7. The van der Waals surface area contributed by atoms with E-state index < -0.39 is 0 Å². The van der Waals surface area contributed by atoms with Crippen LogP contribution in [0.1, 0.15) is 35.4 Å². The van der Waals surface area contributed by atoms with Crippen LogP contribution in [0.4, 0.5) is 5.13 Å². The Morgan fingerprint density at radius 1 is 1.39 bits per heavy atom. The van der Waals surface area contributed by atoms with Gasteiger partial charge in [-0.15, -0.1) is 11.3 Å². The van der Waals surface area contributed by atoms with Crippen molar-refractivity contribution in [1.82, 2.24) is 15.2 Å². The van der Waals surface area contributed by atoms with E-state index in [-0.39, 0.29) is 6.10 Å². The molecule has 1 saturated heterocycles. The number of hydrogen-bond acceptors (Lipinski definition) is 5. The summed E-state index contributed by atoms with van der Waals surface area (Å²) in [6.07, 6.45) is 0.0674. The van der Waals surface area contributed by atoms with Gasteiger partial charge in [0.25, 0.3) is 0 Å². The summed E-state index contributed by atoms with van der Waals surface area (Å²) in [7, 11) is 4.02. The zero-order chi connectivity index (χ0) is 20.1. The fraction of sp³-hybridized carbons (Fsp3) is 0.524. The Hall–Kier alpha value is -2.12. The van der Waals surface area contributed by atoms with Gasteiger partial charge in [-0.3, -0.25) is 0 Å². The molecule has 0 aliphatic carbocycles. The number of benzene rings is 1. The molecule has 1 aromatic heterocycles. The van der Waals surface area contributed by atoms with E-state index in [4.69, 9.17) is 9.73 Å². The van der Waals surface area contributed by atoms with Crippen molar-refractivity contribution in [3.8, 4) is 0 Å². The van der Waals surface area contributed by atoms with Gasteiger partial charge in [0.05, 0.1) is 25.4 Å². The summed E-state index contributed by atoms with van der Waals surface area (Å²) in [6, 6.07) is 6.58. The highest BCUT2D eigenvalue weighted by atomic mass is 32.1. The smallest absolute Gasteiger partial charge is 0.194 e. The zero-order valence-corrected chi connectivity index (χ0v) is 18.3. The fourth-order valence-electron chi connectivity index (χ4n) is 3.37. The van der Waals surface area contributed by atoms with Crippen molar-refractivity contribution in [3.63, 3.8) is 0 Å². The third-order valence-corrected chi connectivity index (χ3v) is 5.84. The SMILES string of the molecule is CCNC(=NCc1csc(N(C)C)n1)N1CCOC(c2ccc(C)cc2C)C1. The summed E-state index contributed by atoms with van der Waals surface area (Å²) < 4.78 is 6.10. The lowest BCUT2D eigenvalue weighted by Crippen LogP contribution is -2.48. The second-order valence-electron chi connectivity index (χ2n) is 7.35. The number of hydrogen-bond donors (Lipinski definition) is 1. The van der Waals surface area contributed by atoms with Gasteiger partial charge in [-0.1, -0.05) is 23.8 Å². The molecule has 1 atom stereocenters. The fourth-order valence-corrected chi connectivity index (χ4v) is 4.12. The first-order valence-corrected chi connectivity index (χ1v) is 10.7. The molecule has 1 aliphatic heterocycles. The van der Waals surface area contributed by atoms with Crippen LogP contribution in [-0.4, -0.2) is 56.2 Å². The largest absolute Gasteiger partial charge is 0.370 e. The number of morpholine rings is 1. The van der Waals surface area contributed by atoms with Gasteiger partial charge >= 0.3 is 0 Å². The maximum Gasteiger partial charge on any atom is 0.194 e. The molecule has 6 nitrogen and oxygen atoms in total. The molecule has 2 aromatic rings. The van der Waals surface area contributed by atoms with Crippen molar-refractivity contribution in [3.05, 3.63) is 46.0 Å². The number of rotatable bonds is 5. The van der Waals surface area contributed by atoms with E-state index in [2.05, 4.69) is 59.6 Å². The first-order chi connectivity index (χ1) is 13.5. The molecule has 0 spiro atoms. The van der Waals surface area contributed by atoms with Crippen LogP contribution >= 0.6 is 11.3 Å². The average Bonchev–Trinajstić information content (AvgIpc) is 3.14. The monoisotopic (exact) mass is 401 g/mol. The molecule has 1 aromatic carbocycles. The van der Waals surface area contributed by atoms with E-state index in [1.165, 1.54) is 16.7 Å². The van der Waals surface area contributed by atoms with Gasteiger partial charge in [0.15, 0.2) is 11.1 Å². The number of guanidine groups is 1. The van der Waals surface area contributed by atoms with Crippen LogP contribution in [0, 0.1) is 13.8 Å². The minimum absolute atomic E-state index is 0.0674. The maximum atomic E-state index is 6.10. The van der Waals surface area contributed by atoms with Gasteiger partial charge < -0.3 is 19.9 Å². The van der Waals surface area contributed by atoms with Crippen molar-refractivity contribution in [1.29, 1.82) is 0 Å². The number of aryl methyl sites for hydroxylation is 2. The van der Waals surface area contributed by atoms with E-state index in [1.807, 2.05) is 19.0 Å². The minimum atomic E-state index is 0.0674. The number of ether oxygens (including phenoxy) is 1. The molecule has 152 valence electrons. The standard InChI is InChI=1S/C21H31N5OS/c1-6-22-20(23-12-17-14-28-21(24-17)25(4)5)26-9-10-27-19(13-26)18-8-7-15(2)11-16(18)3/h7-8,11,14,19H,6,9-10,12-13H2,1-5H3,(H,22,23). The number of nitrogens with one attached hydrogen (secondary N) is 1. The molecule has 2 heterocycles. The maximum absolute atomic E-state index is 6.10. The van der Waals surface area contributed by atoms with Gasteiger partial charge in [0.2, 0.25) is 0 Å². The van der Waals surface area contributed by atoms with Crippen LogP contribution in [-0.2, 0) is 11.3 Å². The lowest BCUT2D eigenvalue weighted by molar-refractivity contribution is -0.00834. The summed E-state index contributed by atoms with van der Waals surface area (Å²) in [6.45, 7) is 10.1. The second kappa shape index (κ2) is 9.39. The first kappa shape index (κ1) is 20.6. The Bertz CT molecular complexity index is 817. The molecule has 0 bridgehead atoms. The molecule has 1 aliphatic rings. The highest BCUT2D eigenvalue weighted by Crippen LogP contribution is 2.26. The first-order valence-electron chi connectivity index (χ1n) is 9.81. The Balaban J connectivity index is 1.73. The summed E-state index contributed by atoms with van der Waals surface area (Å²) in [5, 5.41) is 6.53. The molecule has 28 heavy (non-hydrogen) atoms. The Kier molecular flexibility index (Phi) is 6.91. The Labute approximate surface area is 172 Å². The van der Waals surface area contributed by atoms with Crippen LogP contribution < -0.4 is 10.2 Å². The Morgan fingerprint density at radius 3 is 2.89 bits per heavy atom. The average molecular weight is 402 g/mol. The van der Waals surface area contributed by atoms with Crippen molar-refractivity contribution in [2.75, 3.05) is 45.2 Å². The van der Waals surface area contributed by atoms with Crippen molar-refractivity contribution in [2.24, 2.45) is 4.99 Å². The molecule has 0 radical (unpaired) electrons. The number of anilines is 1.